The van der Waals surface area contributed by atoms with Crippen molar-refractivity contribution >= 4 is 23.2 Å². The molecular weight excluding hydrogens is 196 g/mol. The predicted molar refractivity (Wildman–Crippen MR) is 54.2 cm³/mol. The molecule has 0 bridgehead atoms. The molecule has 0 unspecified atom stereocenters. The summed E-state index contributed by atoms with van der Waals surface area (Å²) < 4.78 is 4.80. The Morgan fingerprint density at radius 2 is 1.60 bits per heavy atom. The van der Waals surface area contributed by atoms with Crippen LogP contribution in [-0.2, 0) is 14.3 Å². The summed E-state index contributed by atoms with van der Waals surface area (Å²) in [6.45, 7) is -0.119. The number of imide groups is 1. The Kier molecular flexibility index (Phi) is 2.39. The van der Waals surface area contributed by atoms with Crippen molar-refractivity contribution in [2.24, 2.45) is 0 Å². The maximum atomic E-state index is 11.4. The van der Waals surface area contributed by atoms with Gasteiger partial charge in [-0.1, -0.05) is 0 Å². The molecule has 15 heavy (non-hydrogen) atoms. The molecule has 2 rings (SSSR count). The smallest absolute Gasteiger partial charge is 0.259 e. The molecule has 1 aromatic carbocycles. The van der Waals surface area contributed by atoms with Crippen molar-refractivity contribution in [2.45, 2.75) is 0 Å². The van der Waals surface area contributed by atoms with Gasteiger partial charge in [-0.25, -0.2) is 4.90 Å². The molecule has 0 saturated carbocycles. The summed E-state index contributed by atoms with van der Waals surface area (Å²) in [5.74, 6) is -0.702. The average Bonchev–Trinajstić information content (AvgIpc) is 2.20. The number of carbonyl (C=O) groups is 2. The average molecular weight is 206 g/mol. The Morgan fingerprint density at radius 3 is 2.13 bits per heavy atom. The van der Waals surface area contributed by atoms with Crippen molar-refractivity contribution in [3.63, 3.8) is 0 Å². The lowest BCUT2D eigenvalue weighted by atomic mass is 10.2. The second-order valence-corrected chi connectivity index (χ2v) is 3.21. The van der Waals surface area contributed by atoms with Crippen molar-refractivity contribution in [2.75, 3.05) is 23.8 Å². The van der Waals surface area contributed by atoms with Crippen molar-refractivity contribution in [1.29, 1.82) is 0 Å². The minimum absolute atomic E-state index is 0.0594. The molecule has 0 aromatic heterocycles. The van der Waals surface area contributed by atoms with Gasteiger partial charge in [0.05, 0.1) is 5.69 Å². The van der Waals surface area contributed by atoms with Gasteiger partial charge in [0.2, 0.25) is 0 Å². The van der Waals surface area contributed by atoms with E-state index in [0.717, 1.165) is 4.90 Å². The molecule has 0 radical (unpaired) electrons. The summed E-state index contributed by atoms with van der Waals surface area (Å²) in [5.41, 5.74) is 6.63. The first-order valence-corrected chi connectivity index (χ1v) is 4.47. The first-order chi connectivity index (χ1) is 7.18. The highest BCUT2D eigenvalue weighted by Gasteiger charge is 2.27. The number of nitrogen functional groups attached to an aromatic ring is 1. The zero-order chi connectivity index (χ0) is 10.8. The highest BCUT2D eigenvalue weighted by Crippen LogP contribution is 2.18. The molecule has 2 amide bonds. The van der Waals surface area contributed by atoms with E-state index in [1.807, 2.05) is 0 Å². The molecule has 0 atom stereocenters. The van der Waals surface area contributed by atoms with Crippen molar-refractivity contribution < 1.29 is 14.3 Å². The van der Waals surface area contributed by atoms with Gasteiger partial charge in [0.15, 0.2) is 0 Å². The number of benzene rings is 1. The minimum Gasteiger partial charge on any atom is -0.399 e. The van der Waals surface area contributed by atoms with Crippen LogP contribution in [0.3, 0.4) is 0 Å². The SMILES string of the molecule is Nc1ccc(N2C(=O)COCC2=O)cc1. The standard InChI is InChI=1S/C10H10N2O3/c11-7-1-3-8(4-2-7)12-9(13)5-15-6-10(12)14/h1-4H,5-6,11H2. The number of hydrogen-bond donors (Lipinski definition) is 1. The molecule has 1 fully saturated rings. The number of hydrogen-bond acceptors (Lipinski definition) is 4. The number of carbonyl (C=O) groups excluding carboxylic acids is 2. The lowest BCUT2D eigenvalue weighted by Gasteiger charge is -2.24. The number of rotatable bonds is 1. The third-order valence-electron chi connectivity index (χ3n) is 2.10. The Morgan fingerprint density at radius 1 is 1.07 bits per heavy atom. The van der Waals surface area contributed by atoms with Crippen molar-refractivity contribution in [1.82, 2.24) is 0 Å². The lowest BCUT2D eigenvalue weighted by Crippen LogP contribution is -2.46. The summed E-state index contributed by atoms with van der Waals surface area (Å²) >= 11 is 0. The number of ether oxygens (including phenoxy) is 1. The molecular formula is C10H10N2O3. The minimum atomic E-state index is -0.351. The number of anilines is 2. The lowest BCUT2D eigenvalue weighted by molar-refractivity contribution is -0.138. The number of amides is 2. The zero-order valence-corrected chi connectivity index (χ0v) is 7.97. The van der Waals surface area contributed by atoms with Crippen LogP contribution in [0.15, 0.2) is 24.3 Å². The quantitative estimate of drug-likeness (QED) is 0.524. The second kappa shape index (κ2) is 3.70. The van der Waals surface area contributed by atoms with Gasteiger partial charge >= 0.3 is 0 Å². The molecule has 78 valence electrons. The summed E-state index contributed by atoms with van der Waals surface area (Å²) in [4.78, 5) is 24.0. The fourth-order valence-corrected chi connectivity index (χ4v) is 1.41. The highest BCUT2D eigenvalue weighted by molar-refractivity contribution is 6.17. The van der Waals surface area contributed by atoms with E-state index in [1.54, 1.807) is 24.3 Å². The fourth-order valence-electron chi connectivity index (χ4n) is 1.41. The topological polar surface area (TPSA) is 72.6 Å². The van der Waals surface area contributed by atoms with Gasteiger partial charge in [-0.2, -0.15) is 0 Å². The van der Waals surface area contributed by atoms with E-state index in [-0.39, 0.29) is 25.0 Å². The summed E-state index contributed by atoms with van der Waals surface area (Å²) in [6.07, 6.45) is 0. The van der Waals surface area contributed by atoms with Crippen LogP contribution >= 0.6 is 0 Å². The fraction of sp³-hybridized carbons (Fsp3) is 0.200. The third-order valence-corrected chi connectivity index (χ3v) is 2.10. The molecule has 1 aliphatic rings. The Balaban J connectivity index is 2.31. The predicted octanol–water partition coefficient (Wildman–Crippen LogP) is 0.159. The van der Waals surface area contributed by atoms with E-state index in [1.165, 1.54) is 0 Å². The first kappa shape index (κ1) is 9.67. The number of nitrogens with two attached hydrogens (primary N) is 1. The Bertz CT molecular complexity index is 384. The molecule has 1 saturated heterocycles. The second-order valence-electron chi connectivity index (χ2n) is 3.21. The molecule has 1 heterocycles. The summed E-state index contributed by atoms with van der Waals surface area (Å²) in [7, 11) is 0. The summed E-state index contributed by atoms with van der Waals surface area (Å²) in [5, 5.41) is 0. The van der Waals surface area contributed by atoms with Crippen LogP contribution < -0.4 is 10.6 Å². The molecule has 1 aliphatic heterocycles. The maximum absolute atomic E-state index is 11.4. The van der Waals surface area contributed by atoms with Gasteiger partial charge < -0.3 is 10.5 Å². The van der Waals surface area contributed by atoms with Crippen LogP contribution in [-0.4, -0.2) is 25.0 Å². The van der Waals surface area contributed by atoms with Gasteiger partial charge in [0, 0.05) is 5.69 Å². The molecule has 5 nitrogen and oxygen atoms in total. The van der Waals surface area contributed by atoms with Gasteiger partial charge in [-0.15, -0.1) is 0 Å². The van der Waals surface area contributed by atoms with Crippen molar-refractivity contribution in [3.8, 4) is 0 Å². The van der Waals surface area contributed by atoms with E-state index in [4.69, 9.17) is 10.5 Å². The Hall–Kier alpha value is -1.88. The first-order valence-electron chi connectivity index (χ1n) is 4.47. The monoisotopic (exact) mass is 206 g/mol. The maximum Gasteiger partial charge on any atom is 0.259 e. The van der Waals surface area contributed by atoms with E-state index in [0.29, 0.717) is 11.4 Å². The molecule has 0 aliphatic carbocycles. The molecule has 0 spiro atoms. The van der Waals surface area contributed by atoms with Gasteiger partial charge in [-0.05, 0) is 24.3 Å². The van der Waals surface area contributed by atoms with Crippen LogP contribution in [0.2, 0.25) is 0 Å². The van der Waals surface area contributed by atoms with Gasteiger partial charge in [0.1, 0.15) is 13.2 Å². The highest BCUT2D eigenvalue weighted by atomic mass is 16.5. The normalized spacial score (nSPS) is 16.9. The number of nitrogens with zero attached hydrogens (tertiary/aromatic N) is 1. The third kappa shape index (κ3) is 1.82. The van der Waals surface area contributed by atoms with Crippen LogP contribution in [0, 0.1) is 0 Å². The summed E-state index contributed by atoms with van der Waals surface area (Å²) in [6, 6.07) is 6.56. The van der Waals surface area contributed by atoms with Gasteiger partial charge in [0.25, 0.3) is 11.8 Å². The van der Waals surface area contributed by atoms with Crippen LogP contribution in [0.5, 0.6) is 0 Å². The zero-order valence-electron chi connectivity index (χ0n) is 7.97. The van der Waals surface area contributed by atoms with Gasteiger partial charge in [-0.3, -0.25) is 9.59 Å². The van der Waals surface area contributed by atoms with Crippen LogP contribution in [0.25, 0.3) is 0 Å². The molecule has 2 N–H and O–H groups in total. The number of morpholine rings is 1. The molecule has 5 heteroatoms. The largest absolute Gasteiger partial charge is 0.399 e. The van der Waals surface area contributed by atoms with E-state index in [2.05, 4.69) is 0 Å². The molecule has 1 aromatic rings. The van der Waals surface area contributed by atoms with Crippen molar-refractivity contribution in [3.05, 3.63) is 24.3 Å². The van der Waals surface area contributed by atoms with E-state index in [9.17, 15) is 9.59 Å². The van der Waals surface area contributed by atoms with E-state index < -0.39 is 0 Å². The van der Waals surface area contributed by atoms with Crippen LogP contribution in [0.4, 0.5) is 11.4 Å². The van der Waals surface area contributed by atoms with E-state index >= 15 is 0 Å². The van der Waals surface area contributed by atoms with Crippen LogP contribution in [0.1, 0.15) is 0 Å². The Labute approximate surface area is 86.4 Å².